The Morgan fingerprint density at radius 2 is 1.69 bits per heavy atom. The highest BCUT2D eigenvalue weighted by Crippen LogP contribution is 2.65. The maximum atomic E-state index is 14.4. The molecule has 3 fully saturated rings. The number of anilines is 1. The molecule has 1 amide bonds. The Kier molecular flexibility index (Phi) is 6.97. The molecule has 42 heavy (non-hydrogen) atoms. The fourth-order valence-corrected chi connectivity index (χ4v) is 8.43. The zero-order chi connectivity index (χ0) is 31.3. The number of aliphatic hydroxyl groups is 2. The molecule has 2 saturated carbocycles. The van der Waals surface area contributed by atoms with Crippen LogP contribution in [0.2, 0.25) is 0 Å². The summed E-state index contributed by atoms with van der Waals surface area (Å²) in [7, 11) is 4.96. The zero-order valence-electron chi connectivity index (χ0n) is 24.8. The molecular weight excluding hydrogens is 544 g/mol. The average Bonchev–Trinajstić information content (AvgIpc) is 2.91. The number of nitrogens with one attached hydrogen (secondary N) is 1. The van der Waals surface area contributed by atoms with E-state index in [2.05, 4.69) is 10.2 Å². The van der Waals surface area contributed by atoms with Crippen LogP contribution in [-0.4, -0.2) is 112 Å². The molecule has 1 heterocycles. The molecule has 1 aromatic rings. The molecule has 1 aliphatic heterocycles. The fraction of sp³-hybridized carbons (Fsp3) is 0.633. The van der Waals surface area contributed by atoms with Crippen molar-refractivity contribution in [3.05, 3.63) is 23.3 Å². The van der Waals surface area contributed by atoms with Crippen LogP contribution >= 0.6 is 0 Å². The van der Waals surface area contributed by atoms with Crippen molar-refractivity contribution in [2.24, 2.45) is 28.4 Å². The van der Waals surface area contributed by atoms with Crippen molar-refractivity contribution < 1.29 is 39.3 Å². The molecule has 0 bridgehead atoms. The van der Waals surface area contributed by atoms with Crippen molar-refractivity contribution in [3.8, 4) is 5.75 Å². The zero-order valence-corrected chi connectivity index (χ0v) is 24.8. The largest absolute Gasteiger partial charge is 0.505 e. The Morgan fingerprint density at radius 1 is 1.10 bits per heavy atom. The Labute approximate surface area is 244 Å². The number of rotatable bonds is 4. The molecule has 12 nitrogen and oxygen atoms in total. The van der Waals surface area contributed by atoms with Crippen LogP contribution in [0, 0.1) is 22.7 Å². The Morgan fingerprint density at radius 3 is 2.24 bits per heavy atom. The summed E-state index contributed by atoms with van der Waals surface area (Å²) in [4.78, 5) is 71.8. The topological polar surface area (TPSA) is 191 Å². The standard InChI is InChI=1S/C30H40N4O8/c1-13-15-7-8-16(32-14-9-11-34(6)12-10-14)20(35)17(15)21(36)19-25(39)30(42)24(38)18(26(31)40)22(37)23(33(4)5)29(30,3)27(41)28(13,19)2/h7-8,13-14,18-19,23,27,32,35,41-42H,9-12H2,1-6H3,(H2,31,40)/t13-,18?,19?,23+,27-,28+,29+,30+/m0/s1. The van der Waals surface area contributed by atoms with Gasteiger partial charge in [0, 0.05) is 11.5 Å². The summed E-state index contributed by atoms with van der Waals surface area (Å²) in [5, 5.41) is 39.0. The van der Waals surface area contributed by atoms with Crippen LogP contribution in [0.15, 0.2) is 12.1 Å². The van der Waals surface area contributed by atoms with Crippen LogP contribution in [0.4, 0.5) is 5.69 Å². The van der Waals surface area contributed by atoms with Gasteiger partial charge in [0.1, 0.15) is 5.75 Å². The number of phenols is 1. The van der Waals surface area contributed by atoms with Crippen LogP contribution in [0.1, 0.15) is 55.5 Å². The van der Waals surface area contributed by atoms with Crippen molar-refractivity contribution in [2.45, 2.75) is 63.3 Å². The number of nitrogens with zero attached hydrogens (tertiary/aromatic N) is 2. The summed E-state index contributed by atoms with van der Waals surface area (Å²) in [6.45, 7) is 6.23. The molecule has 0 spiro atoms. The molecule has 4 aliphatic rings. The molecule has 1 aromatic carbocycles. The van der Waals surface area contributed by atoms with Gasteiger partial charge >= 0.3 is 0 Å². The number of primary amides is 1. The second kappa shape index (κ2) is 9.66. The van der Waals surface area contributed by atoms with E-state index in [1.807, 2.05) is 7.05 Å². The molecule has 228 valence electrons. The van der Waals surface area contributed by atoms with Crippen LogP contribution < -0.4 is 11.1 Å². The minimum absolute atomic E-state index is 0.0529. The monoisotopic (exact) mass is 584 g/mol. The summed E-state index contributed by atoms with van der Waals surface area (Å²) >= 11 is 0. The number of Topliss-reactive ketones (excluding diaryl/α,β-unsaturated/α-hetero) is 4. The van der Waals surface area contributed by atoms with Gasteiger partial charge in [-0.15, -0.1) is 0 Å². The lowest BCUT2D eigenvalue weighted by Crippen LogP contribution is -2.84. The van der Waals surface area contributed by atoms with E-state index in [1.54, 1.807) is 19.1 Å². The van der Waals surface area contributed by atoms with E-state index >= 15 is 0 Å². The predicted molar refractivity (Wildman–Crippen MR) is 151 cm³/mol. The van der Waals surface area contributed by atoms with Gasteiger partial charge in [-0.1, -0.05) is 26.8 Å². The van der Waals surface area contributed by atoms with Crippen molar-refractivity contribution >= 4 is 34.7 Å². The first-order chi connectivity index (χ1) is 19.5. The number of amides is 1. The molecule has 3 aliphatic carbocycles. The van der Waals surface area contributed by atoms with Crippen LogP contribution in [0.5, 0.6) is 5.75 Å². The minimum atomic E-state index is -3.09. The maximum absolute atomic E-state index is 14.4. The highest BCUT2D eigenvalue weighted by molar-refractivity contribution is 6.33. The van der Waals surface area contributed by atoms with Crippen LogP contribution in [0.25, 0.3) is 0 Å². The van der Waals surface area contributed by atoms with Crippen molar-refractivity contribution in [1.29, 1.82) is 0 Å². The lowest BCUT2D eigenvalue weighted by molar-refractivity contribution is -0.237. The minimum Gasteiger partial charge on any atom is -0.505 e. The molecule has 0 aromatic heterocycles. The van der Waals surface area contributed by atoms with E-state index in [-0.39, 0.29) is 17.4 Å². The smallest absolute Gasteiger partial charge is 0.235 e. The molecule has 8 atom stereocenters. The van der Waals surface area contributed by atoms with E-state index in [0.717, 1.165) is 25.9 Å². The summed E-state index contributed by atoms with van der Waals surface area (Å²) in [5.41, 5.74) is -0.808. The Bertz CT molecular complexity index is 1400. The molecule has 5 rings (SSSR count). The van der Waals surface area contributed by atoms with E-state index in [9.17, 15) is 39.3 Å². The Balaban J connectivity index is 1.68. The van der Waals surface area contributed by atoms with E-state index in [0.29, 0.717) is 11.3 Å². The number of phenolic OH excluding ortho intramolecular Hbond substituents is 1. The summed E-state index contributed by atoms with van der Waals surface area (Å²) < 4.78 is 0. The fourth-order valence-electron chi connectivity index (χ4n) is 8.43. The van der Waals surface area contributed by atoms with Crippen molar-refractivity contribution in [2.75, 3.05) is 39.5 Å². The highest BCUT2D eigenvalue weighted by Gasteiger charge is 2.81. The number of ketones is 4. The molecule has 1 saturated heterocycles. The quantitative estimate of drug-likeness (QED) is 0.230. The molecule has 2 unspecified atom stereocenters. The van der Waals surface area contributed by atoms with Crippen LogP contribution in [-0.2, 0) is 19.2 Å². The SMILES string of the molecule is C[C@H]1c2ccc(NC3CCN(C)CC3)c(O)c2C(=O)C2C(=O)[C@]3(O)C(=O)C(C(N)=O)C(=O)[C@@H](N(C)C)[C@]3(C)[C@@H](O)[C@@]21C. The van der Waals surface area contributed by atoms with Gasteiger partial charge < -0.3 is 31.3 Å². The summed E-state index contributed by atoms with van der Waals surface area (Å²) in [6, 6.07) is 1.94. The number of benzene rings is 1. The van der Waals surface area contributed by atoms with E-state index < -0.39 is 75.4 Å². The number of aliphatic hydroxyl groups excluding tert-OH is 1. The third kappa shape index (κ3) is 3.58. The average molecular weight is 585 g/mol. The first kappa shape index (κ1) is 30.3. The second-order valence-electron chi connectivity index (χ2n) is 13.3. The number of likely N-dealkylation sites (N-methyl/N-ethyl adjacent to an activating group) is 1. The van der Waals surface area contributed by atoms with Gasteiger partial charge in [-0.05, 0) is 64.6 Å². The first-order valence-corrected chi connectivity index (χ1v) is 14.3. The van der Waals surface area contributed by atoms with Crippen molar-refractivity contribution in [1.82, 2.24) is 9.80 Å². The third-order valence-corrected chi connectivity index (χ3v) is 10.9. The predicted octanol–water partition coefficient (Wildman–Crippen LogP) is -0.315. The van der Waals surface area contributed by atoms with Gasteiger partial charge in [-0.2, -0.15) is 0 Å². The van der Waals surface area contributed by atoms with Gasteiger partial charge in [0.15, 0.2) is 34.7 Å². The number of fused-ring (bicyclic) bond motifs is 3. The molecular formula is C30H40N4O8. The van der Waals surface area contributed by atoms with Gasteiger partial charge in [-0.3, -0.25) is 28.9 Å². The number of carbonyl (C=O) groups is 5. The highest BCUT2D eigenvalue weighted by atomic mass is 16.3. The van der Waals surface area contributed by atoms with Gasteiger partial charge in [-0.25, -0.2) is 0 Å². The summed E-state index contributed by atoms with van der Waals surface area (Å²) in [6.07, 6.45) is -0.106. The number of carbonyl (C=O) groups excluding carboxylic acids is 5. The molecule has 6 N–H and O–H groups in total. The van der Waals surface area contributed by atoms with E-state index in [1.165, 1.54) is 32.8 Å². The molecule has 12 heteroatoms. The first-order valence-electron chi connectivity index (χ1n) is 14.3. The number of aromatic hydroxyl groups is 1. The van der Waals surface area contributed by atoms with Crippen molar-refractivity contribution in [3.63, 3.8) is 0 Å². The maximum Gasteiger partial charge on any atom is 0.235 e. The number of hydrogen-bond donors (Lipinski definition) is 5. The number of likely N-dealkylation sites (tertiary alicyclic amines) is 1. The number of piperidine rings is 1. The molecule has 0 radical (unpaired) electrons. The van der Waals surface area contributed by atoms with Gasteiger partial charge in [0.05, 0.1) is 34.7 Å². The number of nitrogens with two attached hydrogens (primary N) is 1. The Hall–Kier alpha value is -3.19. The lowest BCUT2D eigenvalue weighted by atomic mass is 9.39. The second-order valence-corrected chi connectivity index (χ2v) is 13.3. The van der Waals surface area contributed by atoms with Gasteiger partial charge in [0.2, 0.25) is 5.91 Å². The third-order valence-electron chi connectivity index (χ3n) is 10.9. The number of hydrogen-bond acceptors (Lipinski definition) is 11. The van der Waals surface area contributed by atoms with Gasteiger partial charge in [0.25, 0.3) is 0 Å². The lowest BCUT2D eigenvalue weighted by Gasteiger charge is -2.65. The summed E-state index contributed by atoms with van der Waals surface area (Å²) in [5.74, 6) is -10.8. The normalized spacial score (nSPS) is 39.1. The van der Waals surface area contributed by atoms with E-state index in [4.69, 9.17) is 5.73 Å². The van der Waals surface area contributed by atoms with Crippen LogP contribution in [0.3, 0.4) is 0 Å².